The number of fused-ring (bicyclic) bond motifs is 2. The molecular weight excluding hydrogens is 412 g/mol. The van der Waals surface area contributed by atoms with E-state index in [4.69, 9.17) is 0 Å². The third-order valence-electron chi connectivity index (χ3n) is 6.34. The highest BCUT2D eigenvalue weighted by molar-refractivity contribution is 6.00. The lowest BCUT2D eigenvalue weighted by Gasteiger charge is -2.32. The molecule has 0 bridgehead atoms. The van der Waals surface area contributed by atoms with E-state index in [-0.39, 0.29) is 17.6 Å². The van der Waals surface area contributed by atoms with E-state index in [0.29, 0.717) is 17.7 Å². The predicted octanol–water partition coefficient (Wildman–Crippen LogP) is 4.62. The number of rotatable bonds is 4. The first-order chi connectivity index (χ1) is 16.0. The predicted molar refractivity (Wildman–Crippen MR) is 128 cm³/mol. The third kappa shape index (κ3) is 3.72. The second-order valence-corrected chi connectivity index (χ2v) is 8.40. The van der Waals surface area contributed by atoms with Gasteiger partial charge in [0.15, 0.2) is 0 Å². The van der Waals surface area contributed by atoms with Crippen molar-refractivity contribution in [2.45, 2.75) is 12.0 Å². The van der Waals surface area contributed by atoms with Crippen molar-refractivity contribution in [1.29, 1.82) is 0 Å². The van der Waals surface area contributed by atoms with Gasteiger partial charge in [0.2, 0.25) is 5.91 Å². The Balaban J connectivity index is 1.60. The zero-order valence-electron chi connectivity index (χ0n) is 18.2. The summed E-state index contributed by atoms with van der Waals surface area (Å²) < 4.78 is 0. The average Bonchev–Trinajstić information content (AvgIpc) is 2.85. The molecule has 0 aliphatic carbocycles. The molecule has 1 aliphatic rings. The summed E-state index contributed by atoms with van der Waals surface area (Å²) in [5.41, 5.74) is 2.80. The molecule has 5 heteroatoms. The van der Waals surface area contributed by atoms with Gasteiger partial charge in [-0.2, -0.15) is 0 Å². The van der Waals surface area contributed by atoms with Crippen LogP contribution in [0.5, 0.6) is 5.75 Å². The number of carbonyl (C=O) groups excluding carboxylic acids is 2. The van der Waals surface area contributed by atoms with Gasteiger partial charge < -0.3 is 15.3 Å². The van der Waals surface area contributed by atoms with E-state index < -0.39 is 12.0 Å². The highest BCUT2D eigenvalue weighted by atomic mass is 16.3. The number of hydrogen-bond donors (Lipinski definition) is 2. The maximum absolute atomic E-state index is 13.7. The lowest BCUT2D eigenvalue weighted by Crippen LogP contribution is -2.44. The fraction of sp³-hybridized carbons (Fsp3) is 0.143. The van der Waals surface area contributed by atoms with Crippen LogP contribution in [0, 0.1) is 0 Å². The molecule has 4 aromatic carbocycles. The first-order valence-corrected chi connectivity index (χ1v) is 10.9. The smallest absolute Gasteiger partial charge is 0.253 e. The molecule has 2 unspecified atom stereocenters. The van der Waals surface area contributed by atoms with E-state index in [2.05, 4.69) is 5.32 Å². The van der Waals surface area contributed by atoms with Crippen molar-refractivity contribution in [3.63, 3.8) is 0 Å². The lowest BCUT2D eigenvalue weighted by atomic mass is 9.87. The van der Waals surface area contributed by atoms with Gasteiger partial charge in [-0.15, -0.1) is 0 Å². The normalized spacial score (nSPS) is 16.3. The van der Waals surface area contributed by atoms with E-state index in [1.807, 2.05) is 78.9 Å². The van der Waals surface area contributed by atoms with E-state index in [1.165, 1.54) is 0 Å². The van der Waals surface area contributed by atoms with Crippen LogP contribution in [-0.2, 0) is 4.79 Å². The average molecular weight is 437 g/mol. The van der Waals surface area contributed by atoms with Gasteiger partial charge in [0.05, 0.1) is 12.0 Å². The van der Waals surface area contributed by atoms with Gasteiger partial charge in [0.1, 0.15) is 5.75 Å². The van der Waals surface area contributed by atoms with Crippen molar-refractivity contribution in [3.8, 4) is 5.75 Å². The number of nitrogens with one attached hydrogen (secondary N) is 1. The Morgan fingerprint density at radius 1 is 0.939 bits per heavy atom. The zero-order valence-corrected chi connectivity index (χ0v) is 18.2. The number of phenols is 1. The highest BCUT2D eigenvalue weighted by Crippen LogP contribution is 2.37. The van der Waals surface area contributed by atoms with Crippen molar-refractivity contribution in [2.75, 3.05) is 13.6 Å². The Hall–Kier alpha value is -4.12. The SMILES string of the molecule is CN1CC(C(=O)NC(c2ccccc2)c2c(O)ccc3ccccc23)c2ccccc2C1=O. The molecule has 0 saturated carbocycles. The highest BCUT2D eigenvalue weighted by Gasteiger charge is 2.35. The number of likely N-dealkylation sites (N-methyl/N-ethyl adjacent to an activating group) is 1. The fourth-order valence-electron chi connectivity index (χ4n) is 4.68. The van der Waals surface area contributed by atoms with Crippen LogP contribution in [0.4, 0.5) is 0 Å². The van der Waals surface area contributed by atoms with E-state index >= 15 is 0 Å². The standard InChI is InChI=1S/C28H24N2O3/c1-30-17-23(21-13-7-8-14-22(21)28(30)33)27(32)29-26(19-10-3-2-4-11-19)25-20-12-6-5-9-18(20)15-16-24(25)31/h2-16,23,26,31H,17H2,1H3,(H,29,32). The molecule has 1 aliphatic heterocycles. The molecular formula is C28H24N2O3. The number of hydrogen-bond acceptors (Lipinski definition) is 3. The van der Waals surface area contributed by atoms with Crippen LogP contribution < -0.4 is 5.32 Å². The molecule has 0 spiro atoms. The van der Waals surface area contributed by atoms with Crippen molar-refractivity contribution in [2.24, 2.45) is 0 Å². The van der Waals surface area contributed by atoms with Crippen molar-refractivity contribution < 1.29 is 14.7 Å². The van der Waals surface area contributed by atoms with Crippen molar-refractivity contribution >= 4 is 22.6 Å². The Morgan fingerprint density at radius 2 is 1.64 bits per heavy atom. The van der Waals surface area contributed by atoms with E-state index in [1.54, 1.807) is 24.1 Å². The third-order valence-corrected chi connectivity index (χ3v) is 6.34. The molecule has 33 heavy (non-hydrogen) atoms. The molecule has 4 aromatic rings. The Morgan fingerprint density at radius 3 is 2.45 bits per heavy atom. The van der Waals surface area contributed by atoms with Crippen molar-refractivity contribution in [3.05, 3.63) is 113 Å². The number of aromatic hydroxyl groups is 1. The number of carbonyl (C=O) groups is 2. The molecule has 0 aromatic heterocycles. The molecule has 2 amide bonds. The molecule has 0 saturated heterocycles. The number of amides is 2. The van der Waals surface area contributed by atoms with Crippen LogP contribution in [-0.4, -0.2) is 35.4 Å². The van der Waals surface area contributed by atoms with Crippen LogP contribution >= 0.6 is 0 Å². The molecule has 164 valence electrons. The van der Waals surface area contributed by atoms with Gasteiger partial charge in [-0.25, -0.2) is 0 Å². The zero-order chi connectivity index (χ0) is 22.9. The molecule has 2 atom stereocenters. The molecule has 1 heterocycles. The van der Waals surface area contributed by atoms with Gasteiger partial charge >= 0.3 is 0 Å². The summed E-state index contributed by atoms with van der Waals surface area (Å²) in [7, 11) is 1.71. The quantitative estimate of drug-likeness (QED) is 0.490. The lowest BCUT2D eigenvalue weighted by molar-refractivity contribution is -0.123. The van der Waals surface area contributed by atoms with Gasteiger partial charge in [-0.1, -0.05) is 78.9 Å². The number of phenolic OH excluding ortho intramolecular Hbond substituents is 1. The Kier molecular flexibility index (Phi) is 5.31. The summed E-state index contributed by atoms with van der Waals surface area (Å²) in [5, 5.41) is 15.9. The maximum atomic E-state index is 13.7. The number of nitrogens with zero attached hydrogens (tertiary/aromatic N) is 1. The summed E-state index contributed by atoms with van der Waals surface area (Å²) in [4.78, 5) is 27.9. The molecule has 5 nitrogen and oxygen atoms in total. The summed E-state index contributed by atoms with van der Waals surface area (Å²) in [6.45, 7) is 0.296. The van der Waals surface area contributed by atoms with Crippen LogP contribution in [0.25, 0.3) is 10.8 Å². The minimum atomic E-state index is -0.556. The van der Waals surface area contributed by atoms with Crippen LogP contribution in [0.1, 0.15) is 39.0 Å². The van der Waals surface area contributed by atoms with Gasteiger partial charge in [-0.05, 0) is 34.0 Å². The second kappa shape index (κ2) is 8.43. The van der Waals surface area contributed by atoms with Crippen LogP contribution in [0.15, 0.2) is 91.0 Å². The minimum Gasteiger partial charge on any atom is -0.508 e. The maximum Gasteiger partial charge on any atom is 0.253 e. The minimum absolute atomic E-state index is 0.0824. The van der Waals surface area contributed by atoms with Gasteiger partial charge in [0.25, 0.3) is 5.91 Å². The van der Waals surface area contributed by atoms with Crippen LogP contribution in [0.3, 0.4) is 0 Å². The van der Waals surface area contributed by atoms with Gasteiger partial charge in [-0.3, -0.25) is 9.59 Å². The summed E-state index contributed by atoms with van der Waals surface area (Å²) >= 11 is 0. The summed E-state index contributed by atoms with van der Waals surface area (Å²) in [5.74, 6) is -0.657. The fourth-order valence-corrected chi connectivity index (χ4v) is 4.68. The first-order valence-electron chi connectivity index (χ1n) is 10.9. The van der Waals surface area contributed by atoms with E-state index in [9.17, 15) is 14.7 Å². The summed E-state index contributed by atoms with van der Waals surface area (Å²) in [6.07, 6.45) is 0. The van der Waals surface area contributed by atoms with Crippen LogP contribution in [0.2, 0.25) is 0 Å². The summed E-state index contributed by atoms with van der Waals surface area (Å²) in [6, 6.07) is 27.7. The molecule has 0 radical (unpaired) electrons. The second-order valence-electron chi connectivity index (χ2n) is 8.40. The topological polar surface area (TPSA) is 69.6 Å². The number of benzene rings is 4. The molecule has 5 rings (SSSR count). The Bertz CT molecular complexity index is 1350. The monoisotopic (exact) mass is 436 g/mol. The van der Waals surface area contributed by atoms with Crippen molar-refractivity contribution in [1.82, 2.24) is 10.2 Å². The Labute approximate surface area is 192 Å². The van der Waals surface area contributed by atoms with E-state index in [0.717, 1.165) is 21.9 Å². The molecule has 2 N–H and O–H groups in total. The molecule has 0 fully saturated rings. The van der Waals surface area contributed by atoms with Gasteiger partial charge in [0, 0.05) is 24.7 Å². The first kappa shape index (κ1) is 20.8. The largest absolute Gasteiger partial charge is 0.508 e.